The van der Waals surface area contributed by atoms with Gasteiger partial charge in [-0.2, -0.15) is 0 Å². The molecule has 0 aliphatic rings. The quantitative estimate of drug-likeness (QED) is 0.404. The smallest absolute Gasteiger partial charge is 0.255 e. The third-order valence-electron chi connectivity index (χ3n) is 4.12. The zero-order valence-corrected chi connectivity index (χ0v) is 17.6. The number of rotatable bonds is 7. The van der Waals surface area contributed by atoms with Gasteiger partial charge in [-0.25, -0.2) is 0 Å². The Bertz CT molecular complexity index is 995. The van der Waals surface area contributed by atoms with Crippen LogP contribution in [0.2, 0.25) is 0 Å². The van der Waals surface area contributed by atoms with E-state index in [1.165, 1.54) is 0 Å². The topological polar surface area (TPSA) is 81.4 Å². The molecule has 3 N–H and O–H groups in total. The van der Waals surface area contributed by atoms with Crippen LogP contribution in [0, 0.1) is 0 Å². The average Bonchev–Trinajstić information content (AvgIpc) is 3.18. The first-order valence-corrected chi connectivity index (χ1v) is 12.2. The Morgan fingerprint density at radius 1 is 1.14 bits per heavy atom. The van der Waals surface area contributed by atoms with Crippen molar-refractivity contribution in [1.82, 2.24) is 0 Å². The number of nitrogens with one attached hydrogen (secondary N) is 1. The minimum atomic E-state index is -2.47. The van der Waals surface area contributed by atoms with Gasteiger partial charge in [0.2, 0.25) is 0 Å². The molecule has 146 valence electrons. The van der Waals surface area contributed by atoms with Gasteiger partial charge in [0.1, 0.15) is 0 Å². The van der Waals surface area contributed by atoms with E-state index in [0.29, 0.717) is 30.0 Å². The lowest BCUT2D eigenvalue weighted by atomic mass is 10.1. The average molecular weight is 414 g/mol. The minimum absolute atomic E-state index is 0.218. The predicted octanol–water partition coefficient (Wildman–Crippen LogP) is 5.35. The molecule has 0 aliphatic carbocycles. The molecule has 2 aromatic carbocycles. The van der Waals surface area contributed by atoms with Crippen LogP contribution in [0.1, 0.15) is 15.9 Å². The molecule has 1 aromatic heterocycles. The van der Waals surface area contributed by atoms with Gasteiger partial charge in [-0.1, -0.05) is 24.3 Å². The molecule has 0 atom stereocenters. The second-order valence-electron chi connectivity index (χ2n) is 6.77. The van der Waals surface area contributed by atoms with E-state index in [0.717, 1.165) is 16.0 Å². The third-order valence-corrected chi connectivity index (χ3v) is 5.84. The number of nitrogen functional groups attached to an aromatic ring is 1. The van der Waals surface area contributed by atoms with E-state index >= 15 is 0 Å². The fourth-order valence-corrected chi connectivity index (χ4v) is 3.92. The molecule has 0 fully saturated rings. The lowest BCUT2D eigenvalue weighted by Crippen LogP contribution is -2.13. The van der Waals surface area contributed by atoms with Gasteiger partial charge in [0.25, 0.3) is 5.91 Å². The minimum Gasteiger partial charge on any atom is -0.397 e. The van der Waals surface area contributed by atoms with Crippen LogP contribution >= 0.6 is 18.7 Å². The summed E-state index contributed by atoms with van der Waals surface area (Å²) in [7, 11) is -2.47. The molecule has 5 nitrogen and oxygen atoms in total. The Morgan fingerprint density at radius 3 is 2.54 bits per heavy atom. The van der Waals surface area contributed by atoms with Crippen LogP contribution in [0.15, 0.2) is 60.0 Å². The van der Waals surface area contributed by atoms with Crippen molar-refractivity contribution in [3.8, 4) is 10.4 Å². The van der Waals surface area contributed by atoms with Crippen molar-refractivity contribution in [3.63, 3.8) is 0 Å². The van der Waals surface area contributed by atoms with Crippen molar-refractivity contribution in [3.05, 3.63) is 71.1 Å². The number of benzene rings is 2. The van der Waals surface area contributed by atoms with E-state index in [4.69, 9.17) is 10.3 Å². The predicted molar refractivity (Wildman–Crippen MR) is 118 cm³/mol. The monoisotopic (exact) mass is 414 g/mol. The molecule has 0 aliphatic heterocycles. The normalized spacial score (nSPS) is 11.4. The molecule has 0 spiro atoms. The second-order valence-corrected chi connectivity index (χ2v) is 10.5. The van der Waals surface area contributed by atoms with E-state index in [-0.39, 0.29) is 5.91 Å². The Balaban J connectivity index is 1.66. The van der Waals surface area contributed by atoms with E-state index in [1.807, 2.05) is 41.8 Å². The maximum absolute atomic E-state index is 12.6. The molecule has 0 radical (unpaired) electrons. The van der Waals surface area contributed by atoms with Gasteiger partial charge in [-0.15, -0.1) is 11.3 Å². The molecular formula is C21H23N2O3PS. The van der Waals surface area contributed by atoms with E-state index in [9.17, 15) is 9.36 Å². The summed E-state index contributed by atoms with van der Waals surface area (Å²) < 4.78 is 16.9. The Kier molecular flexibility index (Phi) is 6.35. The molecule has 1 amide bonds. The molecule has 1 heterocycles. The molecule has 3 rings (SSSR count). The highest BCUT2D eigenvalue weighted by Gasteiger charge is 2.11. The Morgan fingerprint density at radius 2 is 1.89 bits per heavy atom. The summed E-state index contributed by atoms with van der Waals surface area (Å²) in [6.45, 7) is 3.58. The molecule has 0 saturated heterocycles. The SMILES string of the molecule is CP(C)(=O)OCCc1ccc(C(=O)Nc2cc(-c3cccs3)ccc2N)cc1. The Hall–Kier alpha value is -2.40. The fraction of sp³-hybridized carbons (Fsp3) is 0.190. The Labute approximate surface area is 169 Å². The second kappa shape index (κ2) is 8.74. The fourth-order valence-electron chi connectivity index (χ4n) is 2.66. The summed E-state index contributed by atoms with van der Waals surface area (Å²) in [5, 5.41) is 4.90. The zero-order chi connectivity index (χ0) is 20.1. The molecule has 0 unspecified atom stereocenters. The maximum atomic E-state index is 12.6. The van der Waals surface area contributed by atoms with Crippen LogP contribution in [-0.4, -0.2) is 25.8 Å². The van der Waals surface area contributed by atoms with Gasteiger partial charge < -0.3 is 15.6 Å². The van der Waals surface area contributed by atoms with Crippen molar-refractivity contribution in [2.75, 3.05) is 31.0 Å². The van der Waals surface area contributed by atoms with Crippen molar-refractivity contribution < 1.29 is 13.9 Å². The highest BCUT2D eigenvalue weighted by atomic mass is 32.1. The molecule has 3 aromatic rings. The number of thiophene rings is 1. The van der Waals surface area contributed by atoms with Crippen LogP contribution in [0.25, 0.3) is 10.4 Å². The van der Waals surface area contributed by atoms with E-state index < -0.39 is 7.37 Å². The van der Waals surface area contributed by atoms with Crippen molar-refractivity contribution in [2.45, 2.75) is 6.42 Å². The summed E-state index contributed by atoms with van der Waals surface area (Å²) in [5.41, 5.74) is 9.72. The molecule has 7 heteroatoms. The van der Waals surface area contributed by atoms with Crippen LogP contribution in [0.3, 0.4) is 0 Å². The summed E-state index contributed by atoms with van der Waals surface area (Å²) >= 11 is 1.63. The molecule has 28 heavy (non-hydrogen) atoms. The lowest BCUT2D eigenvalue weighted by Gasteiger charge is -2.11. The van der Waals surface area contributed by atoms with Crippen LogP contribution in [0.5, 0.6) is 0 Å². The number of hydrogen-bond donors (Lipinski definition) is 2. The summed E-state index contributed by atoms with van der Waals surface area (Å²) in [6, 6.07) is 16.9. The van der Waals surface area contributed by atoms with Crippen molar-refractivity contribution in [1.29, 1.82) is 0 Å². The van der Waals surface area contributed by atoms with Gasteiger partial charge in [-0.3, -0.25) is 9.36 Å². The van der Waals surface area contributed by atoms with Crippen LogP contribution < -0.4 is 11.1 Å². The van der Waals surface area contributed by atoms with Crippen molar-refractivity contribution in [2.24, 2.45) is 0 Å². The standard InChI is InChI=1S/C21H23N2O3PS/c1-27(2,25)26-12-11-15-5-7-16(8-6-15)21(24)23-19-14-17(9-10-18(19)22)20-4-3-13-28-20/h3-10,13-14H,11-12,22H2,1-2H3,(H,23,24). The first-order chi connectivity index (χ1) is 13.3. The number of carbonyl (C=O) groups is 1. The van der Waals surface area contributed by atoms with E-state index in [1.54, 1.807) is 42.9 Å². The lowest BCUT2D eigenvalue weighted by molar-refractivity contribution is 0.102. The third kappa shape index (κ3) is 5.55. The molecule has 0 bridgehead atoms. The van der Waals surface area contributed by atoms with Crippen LogP contribution in [-0.2, 0) is 15.5 Å². The number of anilines is 2. The highest BCUT2D eigenvalue weighted by molar-refractivity contribution is 7.57. The molecule has 0 saturated carbocycles. The van der Waals surface area contributed by atoms with Crippen LogP contribution in [0.4, 0.5) is 11.4 Å². The van der Waals surface area contributed by atoms with Gasteiger partial charge >= 0.3 is 0 Å². The highest BCUT2D eigenvalue weighted by Crippen LogP contribution is 2.37. The van der Waals surface area contributed by atoms with E-state index in [2.05, 4.69) is 5.32 Å². The summed E-state index contributed by atoms with van der Waals surface area (Å²) in [4.78, 5) is 13.7. The maximum Gasteiger partial charge on any atom is 0.255 e. The van der Waals surface area contributed by atoms with Gasteiger partial charge in [0, 0.05) is 23.8 Å². The number of amides is 1. The summed E-state index contributed by atoms with van der Waals surface area (Å²) in [5.74, 6) is -0.218. The zero-order valence-electron chi connectivity index (χ0n) is 15.8. The van der Waals surface area contributed by atoms with Gasteiger partial charge in [0.05, 0.1) is 18.0 Å². The largest absolute Gasteiger partial charge is 0.397 e. The molecular weight excluding hydrogens is 391 g/mol. The first-order valence-electron chi connectivity index (χ1n) is 8.85. The summed E-state index contributed by atoms with van der Waals surface area (Å²) in [6.07, 6.45) is 0.642. The number of carbonyl (C=O) groups excluding carboxylic acids is 1. The van der Waals surface area contributed by atoms with Gasteiger partial charge in [0.15, 0.2) is 7.37 Å². The van der Waals surface area contributed by atoms with Crippen molar-refractivity contribution >= 4 is 36.0 Å². The number of nitrogens with two attached hydrogens (primary N) is 1. The number of hydrogen-bond acceptors (Lipinski definition) is 5. The van der Waals surface area contributed by atoms with Gasteiger partial charge in [-0.05, 0) is 53.3 Å². The first kappa shape index (κ1) is 20.3.